The van der Waals surface area contributed by atoms with E-state index in [-0.39, 0.29) is 53.0 Å². The highest BCUT2D eigenvalue weighted by Crippen LogP contribution is 2.80. The number of amides is 1. The maximum atomic E-state index is 12.9. The van der Waals surface area contributed by atoms with Crippen LogP contribution in [0.5, 0.6) is 11.5 Å². The molecule has 1 aliphatic carbocycles. The van der Waals surface area contributed by atoms with Crippen LogP contribution in [-0.4, -0.2) is 98.8 Å². The highest BCUT2D eigenvalue weighted by molar-refractivity contribution is 7.73. The molecule has 2 aromatic carbocycles. The van der Waals surface area contributed by atoms with E-state index in [1.54, 1.807) is 0 Å². The topological polar surface area (TPSA) is 344 Å². The van der Waals surface area contributed by atoms with Crippen molar-refractivity contribution in [2.24, 2.45) is 0 Å². The van der Waals surface area contributed by atoms with Crippen molar-refractivity contribution < 1.29 is 99.5 Å². The van der Waals surface area contributed by atoms with E-state index in [9.17, 15) is 62.4 Å². The maximum absolute atomic E-state index is 12.9. The number of carbonyl (C=O) groups is 3. The van der Waals surface area contributed by atoms with Crippen molar-refractivity contribution in [1.82, 2.24) is 14.9 Å². The Morgan fingerprint density at radius 1 is 0.706 bits per heavy atom. The van der Waals surface area contributed by atoms with Gasteiger partial charge in [0.2, 0.25) is 12.6 Å². The Morgan fingerprint density at radius 2 is 1.22 bits per heavy atom. The number of ether oxygens (including phenoxy) is 4. The Labute approximate surface area is 387 Å². The zero-order chi connectivity index (χ0) is 49.5. The first-order valence-electron chi connectivity index (χ1n) is 20.4. The average Bonchev–Trinajstić information content (AvgIpc) is 4.09. The van der Waals surface area contributed by atoms with Gasteiger partial charge in [-0.1, -0.05) is 49.4 Å². The summed E-state index contributed by atoms with van der Waals surface area (Å²) in [6.07, 6.45) is 0.503. The Bertz CT molecular complexity index is 2570. The summed E-state index contributed by atoms with van der Waals surface area (Å²) in [4.78, 5) is 86.1. The van der Waals surface area contributed by atoms with Gasteiger partial charge in [0.1, 0.15) is 24.2 Å². The van der Waals surface area contributed by atoms with Crippen molar-refractivity contribution in [3.05, 3.63) is 120 Å². The van der Waals surface area contributed by atoms with Crippen molar-refractivity contribution in [2.75, 3.05) is 19.7 Å². The summed E-state index contributed by atoms with van der Waals surface area (Å²) < 4.78 is 92.1. The second kappa shape index (κ2) is 21.5. The molecule has 28 heteroatoms. The number of pyridine rings is 2. The molecule has 2 aliphatic heterocycles. The molecule has 3 fully saturated rings. The highest BCUT2D eigenvalue weighted by atomic mass is 31.2. The van der Waals surface area contributed by atoms with Crippen molar-refractivity contribution in [2.45, 2.75) is 74.8 Å². The monoisotopic (exact) mass is 1030 g/mol. The largest absolute Gasteiger partial charge is 0.514 e. The van der Waals surface area contributed by atoms with Gasteiger partial charge in [-0.15, -0.1) is 0 Å². The third-order valence-electron chi connectivity index (χ3n) is 10.0. The van der Waals surface area contributed by atoms with Crippen LogP contribution in [0.2, 0.25) is 0 Å². The Balaban J connectivity index is 0.000000227. The number of hydrogen-bond donors (Lipinski definition) is 6. The summed E-state index contributed by atoms with van der Waals surface area (Å²) in [6.45, 7) is 3.63. The summed E-state index contributed by atoms with van der Waals surface area (Å²) in [5.41, 5.74) is 0.385. The Morgan fingerprint density at radius 3 is 1.69 bits per heavy atom. The summed E-state index contributed by atoms with van der Waals surface area (Å²) in [5.74, 6) is -0.524. The second-order valence-corrected chi connectivity index (χ2v) is 23.9. The van der Waals surface area contributed by atoms with Gasteiger partial charge in [-0.2, -0.15) is 0 Å². The molecule has 4 aromatic rings. The molecule has 7 rings (SSSR count). The molecule has 3 aliphatic rings. The van der Waals surface area contributed by atoms with Crippen LogP contribution in [0.15, 0.2) is 97.6 Å². The van der Waals surface area contributed by atoms with Crippen molar-refractivity contribution >= 4 is 48.6 Å². The van der Waals surface area contributed by atoms with E-state index in [4.69, 9.17) is 37.0 Å². The van der Waals surface area contributed by atoms with Gasteiger partial charge in [-0.3, -0.25) is 51.1 Å². The average molecular weight is 1030 g/mol. The zero-order valence-electron chi connectivity index (χ0n) is 36.1. The summed E-state index contributed by atoms with van der Waals surface area (Å²) in [6, 6.07) is 16.8. The molecular formula is C40H47N3O21P4. The van der Waals surface area contributed by atoms with Crippen LogP contribution in [0.25, 0.3) is 0 Å². The number of rotatable bonds is 14. The normalized spacial score (nSPS) is 29.9. The number of nitrogens with zero attached hydrogens (tertiary/aromatic N) is 3. The van der Waals surface area contributed by atoms with E-state index in [1.165, 1.54) is 109 Å². The third-order valence-corrected chi connectivity index (χ3v) is 19.2. The first-order valence-corrected chi connectivity index (χ1v) is 26.8. The summed E-state index contributed by atoms with van der Waals surface area (Å²) in [5, 5.41) is 15.3. The number of esters is 1. The van der Waals surface area contributed by atoms with Crippen LogP contribution in [0.3, 0.4) is 0 Å². The van der Waals surface area contributed by atoms with Crippen molar-refractivity contribution in [3.63, 3.8) is 0 Å². The van der Waals surface area contributed by atoms with Crippen LogP contribution in [0.1, 0.15) is 67.9 Å². The quantitative estimate of drug-likeness (QED) is 0.0463. The fraction of sp³-hybridized carbons (Fsp3) is 0.375. The third kappa shape index (κ3) is 12.3. The lowest BCUT2D eigenvalue weighted by molar-refractivity contribution is -0.141. The van der Waals surface area contributed by atoms with Crippen LogP contribution in [0.4, 0.5) is 9.59 Å². The smallest absolute Gasteiger partial charge is 0.464 e. The van der Waals surface area contributed by atoms with Gasteiger partial charge in [0.05, 0.1) is 12.1 Å². The molecule has 6 N–H and O–H groups in total. The van der Waals surface area contributed by atoms with Gasteiger partial charge in [0.15, 0.2) is 0 Å². The molecule has 68 heavy (non-hydrogen) atoms. The minimum atomic E-state index is -5.17. The molecule has 1 amide bonds. The molecule has 2 saturated heterocycles. The predicted octanol–water partition coefficient (Wildman–Crippen LogP) is 6.22. The van der Waals surface area contributed by atoms with Crippen LogP contribution < -0.4 is 9.47 Å². The molecule has 0 radical (unpaired) electrons. The molecule has 0 bridgehead atoms. The van der Waals surface area contributed by atoms with E-state index in [0.717, 1.165) is 12.8 Å². The molecule has 0 spiro atoms. The van der Waals surface area contributed by atoms with Gasteiger partial charge in [0, 0.05) is 56.7 Å². The number of benzene rings is 2. The van der Waals surface area contributed by atoms with Crippen LogP contribution in [-0.2, 0) is 63.5 Å². The number of aromatic nitrogens is 2. The van der Waals surface area contributed by atoms with Gasteiger partial charge in [-0.25, -0.2) is 9.59 Å². The van der Waals surface area contributed by atoms with Gasteiger partial charge in [-0.05, 0) is 60.7 Å². The number of para-hydroxylation sites is 1. The molecule has 24 nitrogen and oxygen atoms in total. The lowest BCUT2D eigenvalue weighted by Crippen LogP contribution is -2.38. The van der Waals surface area contributed by atoms with Gasteiger partial charge >= 0.3 is 48.6 Å². The van der Waals surface area contributed by atoms with Crippen LogP contribution in [0, 0.1) is 0 Å². The van der Waals surface area contributed by atoms with Gasteiger partial charge in [0.25, 0.3) is 10.2 Å². The lowest BCUT2D eigenvalue weighted by atomic mass is 10.2. The molecule has 1 saturated carbocycles. The fourth-order valence-corrected chi connectivity index (χ4v) is 13.5. The lowest BCUT2D eigenvalue weighted by Gasteiger charge is -2.41. The first-order chi connectivity index (χ1) is 32.0. The van der Waals surface area contributed by atoms with Gasteiger partial charge < -0.3 is 53.6 Å². The van der Waals surface area contributed by atoms with E-state index >= 15 is 0 Å². The maximum Gasteiger partial charge on any atom is 0.514 e. The van der Waals surface area contributed by atoms with Crippen LogP contribution >= 0.6 is 30.4 Å². The minimum Gasteiger partial charge on any atom is -0.464 e. The predicted molar refractivity (Wildman–Crippen MR) is 232 cm³/mol. The Kier molecular flexibility index (Phi) is 16.6. The molecular weight excluding hydrogens is 982 g/mol. The zero-order valence-corrected chi connectivity index (χ0v) is 39.6. The molecule has 2 aromatic heterocycles. The molecule has 4 unspecified atom stereocenters. The number of hydrogen-bond acceptors (Lipinski definition) is 19. The molecule has 4 heterocycles. The van der Waals surface area contributed by atoms with Crippen molar-refractivity contribution in [3.8, 4) is 11.5 Å². The van der Waals surface area contributed by atoms with E-state index in [1.807, 2.05) is 6.92 Å². The number of aliphatic hydroxyl groups is 2. The SMILES string of the molecule is CCCN(CCOC(C)=O)C(=O)Oc1ccc(C2OP(=O)(O)C(O)(Cc3cccnc3)P(=O)(O)O2)cc1.O=C(Oc1ccccc1C1OP(=O)(O)C(O)(Cc2cccnc2)P(=O)(O)O1)OC1CC1. The van der Waals surface area contributed by atoms with E-state index in [2.05, 4.69) is 9.97 Å². The molecule has 4 atom stereocenters. The molecule has 368 valence electrons. The van der Waals surface area contributed by atoms with E-state index < -0.39 is 84.2 Å². The summed E-state index contributed by atoms with van der Waals surface area (Å²) in [7, 11) is -20.6. The summed E-state index contributed by atoms with van der Waals surface area (Å²) >= 11 is 0. The standard InChI is InChI=1S/C22H28N2O11P2.C18H19NO10P2/c1-3-11-24(12-13-32-16(2)25)21(26)33-19-8-6-18(7-9-19)20-34-36(28,29)22(27,37(30,31)35-20)14-17-5-4-10-23-15-17;20-17(26-13-7-8-13)27-15-6-2-1-5-14(15)16-28-30(22,23)18(21,31(24,25)29-16)10-12-4-3-9-19-11-12/h4-10,15,20,27H,3,11-14H2,1-2H3,(H,28,29)(H,30,31);1-6,9,11,13,16,21H,7-8,10H2,(H,22,23)(H,24,25). The number of carbonyl (C=O) groups excluding carboxylic acids is 3. The first kappa shape index (κ1) is 52.6. The Hall–Kier alpha value is -4.73. The van der Waals surface area contributed by atoms with Crippen molar-refractivity contribution in [1.29, 1.82) is 0 Å². The highest BCUT2D eigenvalue weighted by Gasteiger charge is 2.68. The fourth-order valence-electron chi connectivity index (χ4n) is 6.33. The van der Waals surface area contributed by atoms with E-state index in [0.29, 0.717) is 13.0 Å². The second-order valence-electron chi connectivity index (χ2n) is 15.3. The minimum absolute atomic E-state index is 0.00922.